The monoisotopic (exact) mass is 292 g/mol. The molecule has 1 atom stereocenters. The van der Waals surface area contributed by atoms with Gasteiger partial charge in [0.1, 0.15) is 6.61 Å². The molecule has 118 valence electrons. The van der Waals surface area contributed by atoms with Gasteiger partial charge in [-0.25, -0.2) is 4.98 Å². The van der Waals surface area contributed by atoms with Crippen LogP contribution in [0.5, 0.6) is 5.88 Å². The van der Waals surface area contributed by atoms with Crippen LogP contribution in [0.4, 0.5) is 0 Å². The zero-order valence-corrected chi connectivity index (χ0v) is 13.7. The predicted octanol–water partition coefficient (Wildman–Crippen LogP) is 3.00. The van der Waals surface area contributed by atoms with Crippen molar-refractivity contribution in [1.29, 1.82) is 0 Å². The molecular weight excluding hydrogens is 264 g/mol. The molecule has 1 aliphatic heterocycles. The largest absolute Gasteiger partial charge is 0.475 e. The first-order valence-electron chi connectivity index (χ1n) is 7.98. The summed E-state index contributed by atoms with van der Waals surface area (Å²) < 4.78 is 11.6. The van der Waals surface area contributed by atoms with E-state index in [1.54, 1.807) is 0 Å². The van der Waals surface area contributed by atoms with Gasteiger partial charge in [0.05, 0.1) is 6.10 Å². The molecule has 0 bridgehead atoms. The second-order valence-corrected chi connectivity index (χ2v) is 6.34. The minimum Gasteiger partial charge on any atom is -0.475 e. The molecule has 1 fully saturated rings. The van der Waals surface area contributed by atoms with Crippen LogP contribution < -0.4 is 10.1 Å². The summed E-state index contributed by atoms with van der Waals surface area (Å²) in [5.41, 5.74) is 3.41. The summed E-state index contributed by atoms with van der Waals surface area (Å²) in [5.74, 6) is 1.40. The molecule has 4 heteroatoms. The average molecular weight is 292 g/mol. The quantitative estimate of drug-likeness (QED) is 0.839. The van der Waals surface area contributed by atoms with Gasteiger partial charge in [-0.05, 0) is 50.8 Å². The minimum absolute atomic E-state index is 0.226. The summed E-state index contributed by atoms with van der Waals surface area (Å²) in [6, 6.07) is 2.12. The Hall–Kier alpha value is -1.13. The van der Waals surface area contributed by atoms with E-state index in [1.807, 2.05) is 6.92 Å². The maximum Gasteiger partial charge on any atom is 0.218 e. The fourth-order valence-electron chi connectivity index (χ4n) is 2.60. The summed E-state index contributed by atoms with van der Waals surface area (Å²) in [6.45, 7) is 11.8. The maximum absolute atomic E-state index is 5.96. The number of aromatic nitrogens is 1. The number of nitrogens with zero attached hydrogens (tertiary/aromatic N) is 1. The topological polar surface area (TPSA) is 43.4 Å². The van der Waals surface area contributed by atoms with Crippen molar-refractivity contribution in [1.82, 2.24) is 10.3 Å². The average Bonchev–Trinajstić information content (AvgIpc) is 2.91. The van der Waals surface area contributed by atoms with Gasteiger partial charge < -0.3 is 14.8 Å². The van der Waals surface area contributed by atoms with Crippen molar-refractivity contribution >= 4 is 0 Å². The van der Waals surface area contributed by atoms with Crippen LogP contribution in [-0.2, 0) is 11.3 Å². The summed E-state index contributed by atoms with van der Waals surface area (Å²) in [6.07, 6.45) is 2.45. The van der Waals surface area contributed by atoms with E-state index in [4.69, 9.17) is 9.47 Å². The molecule has 1 aromatic rings. The van der Waals surface area contributed by atoms with E-state index in [9.17, 15) is 0 Å². The Morgan fingerprint density at radius 1 is 1.43 bits per heavy atom. The summed E-state index contributed by atoms with van der Waals surface area (Å²) in [7, 11) is 0. The van der Waals surface area contributed by atoms with Crippen molar-refractivity contribution in [2.24, 2.45) is 5.92 Å². The summed E-state index contributed by atoms with van der Waals surface area (Å²) in [4.78, 5) is 4.57. The first-order chi connectivity index (χ1) is 10.1. The zero-order chi connectivity index (χ0) is 15.2. The lowest BCUT2D eigenvalue weighted by molar-refractivity contribution is 0.0658. The molecule has 1 unspecified atom stereocenters. The van der Waals surface area contributed by atoms with Crippen LogP contribution in [0.25, 0.3) is 0 Å². The van der Waals surface area contributed by atoms with Crippen LogP contribution in [0.2, 0.25) is 0 Å². The fourth-order valence-corrected chi connectivity index (χ4v) is 2.60. The number of hydrogen-bond donors (Lipinski definition) is 1. The number of aryl methyl sites for hydroxylation is 2. The molecule has 0 spiro atoms. The van der Waals surface area contributed by atoms with Crippen LogP contribution >= 0.6 is 0 Å². The van der Waals surface area contributed by atoms with E-state index in [2.05, 4.69) is 37.1 Å². The molecule has 0 aliphatic carbocycles. The van der Waals surface area contributed by atoms with Gasteiger partial charge in [0.25, 0.3) is 0 Å². The molecule has 2 heterocycles. The van der Waals surface area contributed by atoms with Crippen molar-refractivity contribution in [2.45, 2.75) is 53.2 Å². The van der Waals surface area contributed by atoms with E-state index in [-0.39, 0.29) is 6.10 Å². The number of rotatable bonds is 7. The highest BCUT2D eigenvalue weighted by Gasteiger charge is 2.18. The first kappa shape index (κ1) is 16.2. The lowest BCUT2D eigenvalue weighted by Gasteiger charge is -2.17. The van der Waals surface area contributed by atoms with Crippen molar-refractivity contribution in [3.63, 3.8) is 0 Å². The highest BCUT2D eigenvalue weighted by atomic mass is 16.5. The smallest absolute Gasteiger partial charge is 0.218 e. The van der Waals surface area contributed by atoms with Gasteiger partial charge in [0.2, 0.25) is 5.88 Å². The fraction of sp³-hybridized carbons (Fsp3) is 0.706. The molecule has 1 saturated heterocycles. The van der Waals surface area contributed by atoms with E-state index in [1.165, 1.54) is 11.1 Å². The van der Waals surface area contributed by atoms with Gasteiger partial charge in [-0.1, -0.05) is 13.8 Å². The highest BCUT2D eigenvalue weighted by molar-refractivity contribution is 5.35. The molecule has 2 rings (SSSR count). The standard InChI is InChI=1S/C17H28N2O2/c1-12(2)9-18-10-16-13(3)8-14(4)19-17(16)21-11-15-6-5-7-20-15/h8,12,15,18H,5-7,9-11H2,1-4H3. The van der Waals surface area contributed by atoms with Gasteiger partial charge in [-0.2, -0.15) is 0 Å². The molecule has 0 amide bonds. The molecule has 0 radical (unpaired) electrons. The van der Waals surface area contributed by atoms with Gasteiger partial charge in [-0.15, -0.1) is 0 Å². The third-order valence-electron chi connectivity index (χ3n) is 3.72. The van der Waals surface area contributed by atoms with Crippen LogP contribution in [0.1, 0.15) is 43.5 Å². The molecule has 21 heavy (non-hydrogen) atoms. The van der Waals surface area contributed by atoms with E-state index in [0.29, 0.717) is 12.5 Å². The van der Waals surface area contributed by atoms with Gasteiger partial charge in [-0.3, -0.25) is 0 Å². The van der Waals surface area contributed by atoms with Crippen molar-refractivity contribution in [2.75, 3.05) is 19.8 Å². The third-order valence-corrected chi connectivity index (χ3v) is 3.72. The second kappa shape index (κ2) is 7.76. The van der Waals surface area contributed by atoms with Crippen LogP contribution in [0, 0.1) is 19.8 Å². The SMILES string of the molecule is Cc1cc(C)c(CNCC(C)C)c(OCC2CCCO2)n1. The summed E-state index contributed by atoms with van der Waals surface area (Å²) in [5, 5.41) is 3.48. The number of pyridine rings is 1. The molecule has 1 aromatic heterocycles. The molecule has 4 nitrogen and oxygen atoms in total. The lowest BCUT2D eigenvalue weighted by Crippen LogP contribution is -2.22. The predicted molar refractivity (Wildman–Crippen MR) is 84.7 cm³/mol. The van der Waals surface area contributed by atoms with Gasteiger partial charge in [0, 0.05) is 24.4 Å². The number of hydrogen-bond acceptors (Lipinski definition) is 4. The first-order valence-corrected chi connectivity index (χ1v) is 7.98. The Morgan fingerprint density at radius 2 is 2.24 bits per heavy atom. The van der Waals surface area contributed by atoms with Gasteiger partial charge >= 0.3 is 0 Å². The second-order valence-electron chi connectivity index (χ2n) is 6.34. The molecular formula is C17H28N2O2. The normalized spacial score (nSPS) is 18.4. The lowest BCUT2D eigenvalue weighted by atomic mass is 10.1. The highest BCUT2D eigenvalue weighted by Crippen LogP contribution is 2.22. The Kier molecular flexibility index (Phi) is 6.00. The van der Waals surface area contributed by atoms with Crippen LogP contribution in [0.15, 0.2) is 6.07 Å². The third kappa shape index (κ3) is 4.97. The van der Waals surface area contributed by atoms with E-state index in [0.717, 1.165) is 44.1 Å². The van der Waals surface area contributed by atoms with Crippen LogP contribution in [0.3, 0.4) is 0 Å². The summed E-state index contributed by atoms with van der Waals surface area (Å²) >= 11 is 0. The van der Waals surface area contributed by atoms with Crippen molar-refractivity contribution in [3.8, 4) is 5.88 Å². The minimum atomic E-state index is 0.226. The Morgan fingerprint density at radius 3 is 2.90 bits per heavy atom. The molecule has 0 saturated carbocycles. The Labute approximate surface area is 128 Å². The Balaban J connectivity index is 2.02. The van der Waals surface area contributed by atoms with E-state index >= 15 is 0 Å². The number of ether oxygens (including phenoxy) is 2. The molecule has 1 aliphatic rings. The maximum atomic E-state index is 5.96. The molecule has 0 aromatic carbocycles. The van der Waals surface area contributed by atoms with Gasteiger partial charge in [0.15, 0.2) is 0 Å². The zero-order valence-electron chi connectivity index (χ0n) is 13.7. The molecule has 1 N–H and O–H groups in total. The Bertz CT molecular complexity index is 454. The van der Waals surface area contributed by atoms with Crippen molar-refractivity contribution in [3.05, 3.63) is 22.9 Å². The van der Waals surface area contributed by atoms with Crippen LogP contribution in [-0.4, -0.2) is 30.8 Å². The van der Waals surface area contributed by atoms with E-state index < -0.39 is 0 Å². The number of nitrogens with one attached hydrogen (secondary N) is 1. The van der Waals surface area contributed by atoms with Crippen molar-refractivity contribution < 1.29 is 9.47 Å².